The van der Waals surface area contributed by atoms with Crippen LogP contribution in [0.3, 0.4) is 0 Å². The van der Waals surface area contributed by atoms with Gasteiger partial charge in [0, 0.05) is 12.6 Å². The van der Waals surface area contributed by atoms with Gasteiger partial charge in [-0.3, -0.25) is 4.79 Å². The minimum atomic E-state index is -0.809. The van der Waals surface area contributed by atoms with Crippen LogP contribution in [0.1, 0.15) is 5.56 Å². The number of esters is 1. The molecular formula is C13H13NO4. The van der Waals surface area contributed by atoms with Gasteiger partial charge in [-0.15, -0.1) is 0 Å². The number of ether oxygens (including phenoxy) is 2. The fourth-order valence-corrected chi connectivity index (χ4v) is 1.54. The topological polar surface area (TPSA) is 64.6 Å². The lowest BCUT2D eigenvalue weighted by molar-refractivity contribution is -0.146. The number of benzene rings is 1. The Balaban J connectivity index is 1.85. The highest BCUT2D eigenvalue weighted by atomic mass is 16.6. The molecule has 0 saturated heterocycles. The molecule has 18 heavy (non-hydrogen) atoms. The van der Waals surface area contributed by atoms with Crippen molar-refractivity contribution in [3.05, 3.63) is 42.0 Å². The van der Waals surface area contributed by atoms with Crippen molar-refractivity contribution in [1.82, 2.24) is 5.32 Å². The van der Waals surface area contributed by atoms with Gasteiger partial charge in [0.2, 0.25) is 0 Å². The predicted octanol–water partition coefficient (Wildman–Crippen LogP) is 0.793. The molecule has 1 aliphatic rings. The molecule has 0 fully saturated rings. The smallest absolute Gasteiger partial charge is 0.331 e. The molecule has 94 valence electrons. The van der Waals surface area contributed by atoms with Gasteiger partial charge in [-0.05, 0) is 23.8 Å². The minimum absolute atomic E-state index is 0.326. The Morgan fingerprint density at radius 3 is 2.67 bits per heavy atom. The van der Waals surface area contributed by atoms with E-state index in [9.17, 15) is 9.59 Å². The Bertz CT molecular complexity index is 478. The molecule has 1 atom stereocenters. The average Bonchev–Trinajstić information content (AvgIpc) is 2.83. The zero-order valence-corrected chi connectivity index (χ0v) is 9.88. The maximum absolute atomic E-state index is 11.6. The van der Waals surface area contributed by atoms with Gasteiger partial charge in [-0.1, -0.05) is 12.1 Å². The van der Waals surface area contributed by atoms with Crippen molar-refractivity contribution >= 4 is 11.9 Å². The number of hydrogen-bond donors (Lipinski definition) is 1. The normalized spacial score (nSPS) is 17.4. The van der Waals surface area contributed by atoms with Crippen LogP contribution in [0.25, 0.3) is 0 Å². The van der Waals surface area contributed by atoms with Crippen molar-refractivity contribution < 1.29 is 19.1 Å². The van der Waals surface area contributed by atoms with Gasteiger partial charge in [-0.25, -0.2) is 4.79 Å². The number of methoxy groups -OCH3 is 1. The van der Waals surface area contributed by atoms with Crippen LogP contribution in [-0.4, -0.2) is 25.1 Å². The van der Waals surface area contributed by atoms with Crippen LogP contribution >= 0.6 is 0 Å². The van der Waals surface area contributed by atoms with Crippen molar-refractivity contribution in [3.8, 4) is 5.75 Å². The maximum atomic E-state index is 11.6. The molecule has 1 N–H and O–H groups in total. The molecule has 0 aromatic heterocycles. The summed E-state index contributed by atoms with van der Waals surface area (Å²) in [5.74, 6) is -0.0507. The first-order chi connectivity index (χ1) is 8.69. The van der Waals surface area contributed by atoms with Crippen molar-refractivity contribution in [2.24, 2.45) is 0 Å². The van der Waals surface area contributed by atoms with Gasteiger partial charge >= 0.3 is 5.97 Å². The second-order valence-electron chi connectivity index (χ2n) is 3.78. The summed E-state index contributed by atoms with van der Waals surface area (Å²) in [4.78, 5) is 22.4. The summed E-state index contributed by atoms with van der Waals surface area (Å²) in [6.45, 7) is 0.380. The van der Waals surface area contributed by atoms with Gasteiger partial charge in [0.05, 0.1) is 7.11 Å². The highest BCUT2D eigenvalue weighted by Crippen LogP contribution is 2.11. The molecule has 1 heterocycles. The van der Waals surface area contributed by atoms with E-state index in [2.05, 4.69) is 5.32 Å². The summed E-state index contributed by atoms with van der Waals surface area (Å²) in [7, 11) is 1.59. The zero-order chi connectivity index (χ0) is 13.0. The third kappa shape index (κ3) is 2.88. The summed E-state index contributed by atoms with van der Waals surface area (Å²) in [5.41, 5.74) is 0.942. The molecule has 5 nitrogen and oxygen atoms in total. The highest BCUT2D eigenvalue weighted by molar-refractivity contribution is 5.93. The first kappa shape index (κ1) is 12.2. The second kappa shape index (κ2) is 5.35. The molecular weight excluding hydrogens is 234 g/mol. The molecule has 0 bridgehead atoms. The van der Waals surface area contributed by atoms with Gasteiger partial charge in [0.25, 0.3) is 5.91 Å². The summed E-state index contributed by atoms with van der Waals surface area (Å²) in [6.07, 6.45) is 1.87. The number of rotatable bonds is 4. The van der Waals surface area contributed by atoms with Crippen molar-refractivity contribution in [2.45, 2.75) is 12.6 Å². The second-order valence-corrected chi connectivity index (χ2v) is 3.78. The van der Waals surface area contributed by atoms with Crippen LogP contribution in [0.2, 0.25) is 0 Å². The largest absolute Gasteiger partial charge is 0.497 e. The molecule has 5 heteroatoms. The minimum Gasteiger partial charge on any atom is -0.497 e. The molecule has 0 saturated carbocycles. The van der Waals surface area contributed by atoms with E-state index >= 15 is 0 Å². The summed E-state index contributed by atoms with van der Waals surface area (Å²) in [5, 5.41) is 2.69. The van der Waals surface area contributed by atoms with Gasteiger partial charge in [0.1, 0.15) is 5.75 Å². The summed E-state index contributed by atoms with van der Waals surface area (Å²) < 4.78 is 9.80. The van der Waals surface area contributed by atoms with Crippen LogP contribution in [0, 0.1) is 0 Å². The van der Waals surface area contributed by atoms with E-state index < -0.39 is 12.1 Å². The lowest BCUT2D eigenvalue weighted by atomic mass is 10.2. The van der Waals surface area contributed by atoms with Gasteiger partial charge < -0.3 is 14.8 Å². The number of carbonyl (C=O) groups is 2. The molecule has 0 radical (unpaired) electrons. The SMILES string of the molecule is COc1ccc(CNC(=O)C2C=CC(=O)O2)cc1. The number of hydrogen-bond acceptors (Lipinski definition) is 4. The van der Waals surface area contributed by atoms with Crippen molar-refractivity contribution in [1.29, 1.82) is 0 Å². The first-order valence-electron chi connectivity index (χ1n) is 5.48. The van der Waals surface area contributed by atoms with E-state index in [1.54, 1.807) is 7.11 Å². The molecule has 1 unspecified atom stereocenters. The standard InChI is InChI=1S/C13H13NO4/c1-17-10-4-2-9(3-5-10)8-14-13(16)11-6-7-12(15)18-11/h2-7,11H,8H2,1H3,(H,14,16). The third-order valence-corrected chi connectivity index (χ3v) is 2.53. The summed E-state index contributed by atoms with van der Waals surface area (Å²) in [6, 6.07) is 7.35. The van der Waals surface area contributed by atoms with Crippen molar-refractivity contribution in [2.75, 3.05) is 7.11 Å². The first-order valence-corrected chi connectivity index (χ1v) is 5.48. The lowest BCUT2D eigenvalue weighted by Gasteiger charge is -2.09. The van der Waals surface area contributed by atoms with Crippen molar-refractivity contribution in [3.63, 3.8) is 0 Å². The zero-order valence-electron chi connectivity index (χ0n) is 9.88. The number of nitrogens with one attached hydrogen (secondary N) is 1. The van der Waals surface area contributed by atoms with E-state index in [1.165, 1.54) is 12.2 Å². The van der Waals surface area contributed by atoms with Crippen LogP contribution in [0.4, 0.5) is 0 Å². The quantitative estimate of drug-likeness (QED) is 0.799. The van der Waals surface area contributed by atoms with Gasteiger partial charge in [-0.2, -0.15) is 0 Å². The van der Waals surface area contributed by atoms with Crippen LogP contribution in [0.15, 0.2) is 36.4 Å². The molecule has 1 aromatic rings. The molecule has 2 rings (SSSR count). The van der Waals surface area contributed by atoms with Gasteiger partial charge in [0.15, 0.2) is 6.10 Å². The maximum Gasteiger partial charge on any atom is 0.331 e. The predicted molar refractivity (Wildman–Crippen MR) is 63.9 cm³/mol. The molecule has 1 aliphatic heterocycles. The van der Waals surface area contributed by atoms with Crippen LogP contribution in [-0.2, 0) is 20.9 Å². The Labute approximate surface area is 104 Å². The molecule has 0 aliphatic carbocycles. The number of carbonyl (C=O) groups excluding carboxylic acids is 2. The fraction of sp³-hybridized carbons (Fsp3) is 0.231. The number of cyclic esters (lactones) is 1. The Hall–Kier alpha value is -2.30. The Kier molecular flexibility index (Phi) is 3.62. The lowest BCUT2D eigenvalue weighted by Crippen LogP contribution is -2.33. The van der Waals surface area contributed by atoms with E-state index in [-0.39, 0.29) is 5.91 Å². The van der Waals surface area contributed by atoms with E-state index in [0.717, 1.165) is 11.3 Å². The summed E-state index contributed by atoms with van der Waals surface area (Å²) >= 11 is 0. The fourth-order valence-electron chi connectivity index (χ4n) is 1.54. The Morgan fingerprint density at radius 2 is 2.11 bits per heavy atom. The monoisotopic (exact) mass is 247 g/mol. The number of amides is 1. The van der Waals surface area contributed by atoms with E-state index in [4.69, 9.17) is 9.47 Å². The molecule has 0 spiro atoms. The third-order valence-electron chi connectivity index (χ3n) is 2.53. The van der Waals surface area contributed by atoms with Crippen LogP contribution in [0.5, 0.6) is 5.75 Å². The van der Waals surface area contributed by atoms with Crippen LogP contribution < -0.4 is 10.1 Å². The highest BCUT2D eigenvalue weighted by Gasteiger charge is 2.23. The Morgan fingerprint density at radius 1 is 1.39 bits per heavy atom. The molecule has 1 aromatic carbocycles. The average molecular weight is 247 g/mol. The van der Waals surface area contributed by atoms with E-state index in [0.29, 0.717) is 6.54 Å². The van der Waals surface area contributed by atoms with E-state index in [1.807, 2.05) is 24.3 Å². The molecule has 1 amide bonds.